The minimum atomic E-state index is -3.80. The van der Waals surface area contributed by atoms with E-state index in [2.05, 4.69) is 27.2 Å². The molecule has 1 aromatic carbocycles. The van der Waals surface area contributed by atoms with Gasteiger partial charge in [-0.2, -0.15) is 0 Å². The zero-order valence-corrected chi connectivity index (χ0v) is 12.9. The second kappa shape index (κ2) is 7.17. The standard InChI is InChI=1S/C14H17FN4O2S/c1-2-3-10-16-13-8-9-14(18-17-13)19-22(20,21)12-6-4-11(15)5-7-12/h4-9H,2-3,10H2,1H3,(H,16,17)(H,18,19). The number of unbranched alkanes of at least 4 members (excludes halogenated alkanes) is 1. The molecule has 0 spiro atoms. The van der Waals surface area contributed by atoms with Gasteiger partial charge in [-0.25, -0.2) is 12.8 Å². The summed E-state index contributed by atoms with van der Waals surface area (Å²) in [5.41, 5.74) is 0. The highest BCUT2D eigenvalue weighted by molar-refractivity contribution is 7.92. The molecule has 0 unspecified atom stereocenters. The molecule has 0 aliphatic rings. The van der Waals surface area contributed by atoms with Gasteiger partial charge in [0.25, 0.3) is 10.0 Å². The Balaban J connectivity index is 2.05. The maximum Gasteiger partial charge on any atom is 0.263 e. The fraction of sp³-hybridized carbons (Fsp3) is 0.286. The number of sulfonamides is 1. The molecule has 0 saturated heterocycles. The summed E-state index contributed by atoms with van der Waals surface area (Å²) >= 11 is 0. The molecule has 6 nitrogen and oxygen atoms in total. The maximum atomic E-state index is 12.8. The molecule has 0 bridgehead atoms. The van der Waals surface area contributed by atoms with Crippen LogP contribution < -0.4 is 10.0 Å². The lowest BCUT2D eigenvalue weighted by Crippen LogP contribution is -2.14. The van der Waals surface area contributed by atoms with Crippen LogP contribution in [0.1, 0.15) is 19.8 Å². The molecular weight excluding hydrogens is 307 g/mol. The Bertz CT molecular complexity index is 703. The molecule has 22 heavy (non-hydrogen) atoms. The number of nitrogens with one attached hydrogen (secondary N) is 2. The van der Waals surface area contributed by atoms with E-state index in [4.69, 9.17) is 0 Å². The van der Waals surface area contributed by atoms with Crippen molar-refractivity contribution in [2.45, 2.75) is 24.7 Å². The average molecular weight is 324 g/mol. The van der Waals surface area contributed by atoms with Crippen molar-refractivity contribution >= 4 is 21.7 Å². The molecule has 0 amide bonds. The van der Waals surface area contributed by atoms with Gasteiger partial charge in [0.2, 0.25) is 0 Å². The molecule has 1 aromatic heterocycles. The highest BCUT2D eigenvalue weighted by Gasteiger charge is 2.15. The van der Waals surface area contributed by atoms with Gasteiger partial charge in [-0.3, -0.25) is 4.72 Å². The number of anilines is 2. The first kappa shape index (κ1) is 16.2. The molecule has 2 rings (SSSR count). The van der Waals surface area contributed by atoms with Crippen molar-refractivity contribution in [2.24, 2.45) is 0 Å². The van der Waals surface area contributed by atoms with Crippen molar-refractivity contribution in [3.63, 3.8) is 0 Å². The Morgan fingerprint density at radius 2 is 1.68 bits per heavy atom. The normalized spacial score (nSPS) is 11.2. The van der Waals surface area contributed by atoms with Gasteiger partial charge in [0.1, 0.15) is 11.6 Å². The number of rotatable bonds is 7. The van der Waals surface area contributed by atoms with E-state index in [0.29, 0.717) is 5.82 Å². The molecule has 0 saturated carbocycles. The molecule has 8 heteroatoms. The largest absolute Gasteiger partial charge is 0.369 e. The Kier molecular flexibility index (Phi) is 5.26. The highest BCUT2D eigenvalue weighted by Crippen LogP contribution is 2.15. The molecule has 2 aromatic rings. The summed E-state index contributed by atoms with van der Waals surface area (Å²) in [6.07, 6.45) is 2.08. The molecule has 2 N–H and O–H groups in total. The van der Waals surface area contributed by atoms with E-state index in [0.717, 1.165) is 31.5 Å². The van der Waals surface area contributed by atoms with Crippen molar-refractivity contribution in [1.82, 2.24) is 10.2 Å². The van der Waals surface area contributed by atoms with Gasteiger partial charge < -0.3 is 5.32 Å². The van der Waals surface area contributed by atoms with Crippen LogP contribution >= 0.6 is 0 Å². The quantitative estimate of drug-likeness (QED) is 0.765. The monoisotopic (exact) mass is 324 g/mol. The van der Waals surface area contributed by atoms with E-state index in [-0.39, 0.29) is 10.7 Å². The number of halogens is 1. The number of hydrogen-bond acceptors (Lipinski definition) is 5. The summed E-state index contributed by atoms with van der Waals surface area (Å²) in [7, 11) is -3.80. The van der Waals surface area contributed by atoms with Crippen LogP contribution in [0.15, 0.2) is 41.3 Å². The van der Waals surface area contributed by atoms with Gasteiger partial charge in [0.15, 0.2) is 5.82 Å². The Morgan fingerprint density at radius 3 is 2.27 bits per heavy atom. The van der Waals surface area contributed by atoms with Gasteiger partial charge in [-0.1, -0.05) is 13.3 Å². The average Bonchev–Trinajstić information content (AvgIpc) is 2.49. The third-order valence-electron chi connectivity index (χ3n) is 2.86. The van der Waals surface area contributed by atoms with E-state index in [1.54, 1.807) is 6.07 Å². The summed E-state index contributed by atoms with van der Waals surface area (Å²) in [4.78, 5) is -0.0409. The van der Waals surface area contributed by atoms with Crippen LogP contribution in [0.2, 0.25) is 0 Å². The zero-order valence-electron chi connectivity index (χ0n) is 12.1. The molecule has 0 fully saturated rings. The van der Waals surface area contributed by atoms with Crippen molar-refractivity contribution in [3.8, 4) is 0 Å². The molecule has 0 aliphatic carbocycles. The summed E-state index contributed by atoms with van der Waals surface area (Å²) in [5, 5.41) is 10.8. The van der Waals surface area contributed by atoms with Crippen molar-refractivity contribution in [3.05, 3.63) is 42.2 Å². The van der Waals surface area contributed by atoms with Gasteiger partial charge in [-0.05, 0) is 42.8 Å². The number of benzene rings is 1. The van der Waals surface area contributed by atoms with Gasteiger partial charge in [-0.15, -0.1) is 10.2 Å². The summed E-state index contributed by atoms with van der Waals surface area (Å²) in [6, 6.07) is 7.70. The minimum absolute atomic E-state index is 0.0409. The van der Waals surface area contributed by atoms with Crippen LogP contribution in [0.5, 0.6) is 0 Å². The third kappa shape index (κ3) is 4.39. The highest BCUT2D eigenvalue weighted by atomic mass is 32.2. The zero-order chi connectivity index (χ0) is 16.0. The topological polar surface area (TPSA) is 84.0 Å². The van der Waals surface area contributed by atoms with Crippen LogP contribution in [-0.2, 0) is 10.0 Å². The van der Waals surface area contributed by atoms with Crippen LogP contribution in [0.3, 0.4) is 0 Å². The predicted octanol–water partition coefficient (Wildman–Crippen LogP) is 2.63. The van der Waals surface area contributed by atoms with E-state index < -0.39 is 15.8 Å². The molecule has 0 atom stereocenters. The summed E-state index contributed by atoms with van der Waals surface area (Å²) < 4.78 is 39.3. The SMILES string of the molecule is CCCCNc1ccc(NS(=O)(=O)c2ccc(F)cc2)nn1. The lowest BCUT2D eigenvalue weighted by atomic mass is 10.3. The molecular formula is C14H17FN4O2S. The van der Waals surface area contributed by atoms with E-state index in [9.17, 15) is 12.8 Å². The number of aromatic nitrogens is 2. The van der Waals surface area contributed by atoms with Crippen LogP contribution in [-0.4, -0.2) is 25.2 Å². The van der Waals surface area contributed by atoms with E-state index in [1.807, 2.05) is 0 Å². The van der Waals surface area contributed by atoms with Crippen molar-refractivity contribution < 1.29 is 12.8 Å². The Morgan fingerprint density at radius 1 is 1.05 bits per heavy atom. The fourth-order valence-corrected chi connectivity index (χ4v) is 2.68. The second-order valence-corrected chi connectivity index (χ2v) is 6.33. The number of hydrogen-bond donors (Lipinski definition) is 2. The van der Waals surface area contributed by atoms with Crippen molar-refractivity contribution in [2.75, 3.05) is 16.6 Å². The summed E-state index contributed by atoms with van der Waals surface area (Å²) in [5.74, 6) is 0.185. The van der Waals surface area contributed by atoms with E-state index in [1.165, 1.54) is 18.2 Å². The van der Waals surface area contributed by atoms with Gasteiger partial charge >= 0.3 is 0 Å². The smallest absolute Gasteiger partial charge is 0.263 e. The first-order valence-electron chi connectivity index (χ1n) is 6.87. The Labute approximate surface area is 128 Å². The third-order valence-corrected chi connectivity index (χ3v) is 4.23. The molecule has 0 radical (unpaired) electrons. The van der Waals surface area contributed by atoms with E-state index >= 15 is 0 Å². The van der Waals surface area contributed by atoms with Crippen LogP contribution in [0, 0.1) is 5.82 Å². The van der Waals surface area contributed by atoms with Crippen molar-refractivity contribution in [1.29, 1.82) is 0 Å². The van der Waals surface area contributed by atoms with Crippen LogP contribution in [0.25, 0.3) is 0 Å². The minimum Gasteiger partial charge on any atom is -0.369 e. The lowest BCUT2D eigenvalue weighted by Gasteiger charge is -2.08. The Hall–Kier alpha value is -2.22. The maximum absolute atomic E-state index is 12.8. The van der Waals surface area contributed by atoms with Crippen LogP contribution in [0.4, 0.5) is 16.0 Å². The second-order valence-electron chi connectivity index (χ2n) is 4.64. The van der Waals surface area contributed by atoms with Gasteiger partial charge in [0.05, 0.1) is 4.90 Å². The lowest BCUT2D eigenvalue weighted by molar-refractivity contribution is 0.599. The van der Waals surface area contributed by atoms with Gasteiger partial charge in [0, 0.05) is 6.54 Å². The molecule has 1 heterocycles. The number of nitrogens with zero attached hydrogens (tertiary/aromatic N) is 2. The fourth-order valence-electron chi connectivity index (χ4n) is 1.68. The summed E-state index contributed by atoms with van der Waals surface area (Å²) in [6.45, 7) is 2.87. The predicted molar refractivity (Wildman–Crippen MR) is 82.6 cm³/mol. The first-order valence-corrected chi connectivity index (χ1v) is 8.35. The first-order chi connectivity index (χ1) is 10.5. The molecule has 0 aliphatic heterocycles. The molecule has 118 valence electrons.